The second kappa shape index (κ2) is 14.6. The van der Waals surface area contributed by atoms with Crippen molar-refractivity contribution >= 4 is 11.0 Å². The molecular weight excluding hydrogens is 552 g/mol. The number of piperazine rings is 2. The predicted octanol–water partition coefficient (Wildman–Crippen LogP) is 2.16. The van der Waals surface area contributed by atoms with E-state index in [0.717, 1.165) is 76.5 Å². The molecule has 0 bridgehead atoms. The van der Waals surface area contributed by atoms with Crippen molar-refractivity contribution in [1.82, 2.24) is 28.7 Å². The lowest BCUT2D eigenvalue weighted by Crippen LogP contribution is -2.49. The Morgan fingerprint density at radius 1 is 0.477 bits per heavy atom. The van der Waals surface area contributed by atoms with E-state index < -0.39 is 12.2 Å². The van der Waals surface area contributed by atoms with Crippen molar-refractivity contribution in [1.29, 1.82) is 0 Å². The first-order valence-electron chi connectivity index (χ1n) is 16.0. The molecule has 2 fully saturated rings. The Morgan fingerprint density at radius 2 is 0.818 bits per heavy atom. The van der Waals surface area contributed by atoms with E-state index in [1.165, 1.54) is 11.1 Å². The normalized spacial score (nSPS) is 19.0. The summed E-state index contributed by atoms with van der Waals surface area (Å²) in [7, 11) is 0. The molecule has 2 saturated heterocycles. The van der Waals surface area contributed by atoms with Gasteiger partial charge in [0.1, 0.15) is 0 Å². The third-order valence-electron chi connectivity index (χ3n) is 9.08. The standard InChI is InChI=1S/C35H46N6O3/c42-31(25-38-19-15-36(16-20-38)23-29-9-3-1-4-10-29)27-40-33-13-7-8-14-34(33)41(35(40)44)28-32(43)26-39-21-17-37(18-22-39)24-30-11-5-2-6-12-30/h1-14,31-32,42-43H,15-28H2/t31-,32-/m1/s1. The number of imidazole rings is 1. The minimum atomic E-state index is -0.662. The van der Waals surface area contributed by atoms with Crippen LogP contribution in [0.4, 0.5) is 0 Å². The van der Waals surface area contributed by atoms with E-state index in [4.69, 9.17) is 0 Å². The molecule has 2 N–H and O–H groups in total. The molecule has 2 aliphatic heterocycles. The zero-order chi connectivity index (χ0) is 30.3. The fraction of sp³-hybridized carbons (Fsp3) is 0.457. The van der Waals surface area contributed by atoms with Gasteiger partial charge in [-0.05, 0) is 23.3 Å². The molecule has 44 heavy (non-hydrogen) atoms. The summed E-state index contributed by atoms with van der Waals surface area (Å²) in [6, 6.07) is 28.8. The lowest BCUT2D eigenvalue weighted by Gasteiger charge is -2.35. The molecule has 234 valence electrons. The van der Waals surface area contributed by atoms with Crippen LogP contribution in [0.15, 0.2) is 89.7 Å². The average Bonchev–Trinajstić information content (AvgIpc) is 3.30. The Labute approximate surface area is 260 Å². The Bertz CT molecular complexity index is 1400. The van der Waals surface area contributed by atoms with Gasteiger partial charge in [-0.1, -0.05) is 72.8 Å². The van der Waals surface area contributed by atoms with Gasteiger partial charge < -0.3 is 10.2 Å². The van der Waals surface area contributed by atoms with Crippen LogP contribution in [-0.2, 0) is 26.2 Å². The van der Waals surface area contributed by atoms with E-state index >= 15 is 0 Å². The SMILES string of the molecule is O=c1n(C[C@H](O)CN2CCN(Cc3ccccc3)CC2)c2ccccc2n1C[C@H](O)CN1CCN(Cc2ccccc2)CC1. The first-order valence-corrected chi connectivity index (χ1v) is 16.0. The number of fused-ring (bicyclic) bond motifs is 1. The number of aromatic nitrogens is 2. The summed E-state index contributed by atoms with van der Waals surface area (Å²) < 4.78 is 3.36. The van der Waals surface area contributed by atoms with E-state index in [0.29, 0.717) is 13.1 Å². The Balaban J connectivity index is 1.01. The molecule has 2 atom stereocenters. The number of hydrogen-bond acceptors (Lipinski definition) is 7. The van der Waals surface area contributed by atoms with Gasteiger partial charge in [-0.25, -0.2) is 4.79 Å². The molecule has 4 aromatic rings. The molecule has 0 radical (unpaired) electrons. The van der Waals surface area contributed by atoms with Crippen LogP contribution in [0.25, 0.3) is 11.0 Å². The van der Waals surface area contributed by atoms with Crippen molar-refractivity contribution in [3.05, 3.63) is 107 Å². The summed E-state index contributed by atoms with van der Waals surface area (Å²) >= 11 is 0. The van der Waals surface area contributed by atoms with Crippen LogP contribution in [0, 0.1) is 0 Å². The molecule has 0 amide bonds. The van der Waals surface area contributed by atoms with Gasteiger partial charge in [-0.2, -0.15) is 0 Å². The van der Waals surface area contributed by atoms with Gasteiger partial charge in [0.25, 0.3) is 0 Å². The summed E-state index contributed by atoms with van der Waals surface area (Å²) in [5.41, 5.74) is 4.06. The van der Waals surface area contributed by atoms with Crippen LogP contribution in [0.1, 0.15) is 11.1 Å². The second-order valence-electron chi connectivity index (χ2n) is 12.4. The van der Waals surface area contributed by atoms with Crippen molar-refractivity contribution in [2.24, 2.45) is 0 Å². The smallest absolute Gasteiger partial charge is 0.329 e. The maximum absolute atomic E-state index is 13.6. The molecule has 3 heterocycles. The van der Waals surface area contributed by atoms with E-state index in [1.807, 2.05) is 36.4 Å². The van der Waals surface area contributed by atoms with Crippen molar-refractivity contribution < 1.29 is 10.2 Å². The molecule has 0 aliphatic carbocycles. The number of aliphatic hydroxyl groups is 2. The monoisotopic (exact) mass is 598 g/mol. The third-order valence-corrected chi connectivity index (χ3v) is 9.08. The van der Waals surface area contributed by atoms with Gasteiger partial charge in [0, 0.05) is 78.5 Å². The first-order chi connectivity index (χ1) is 21.5. The minimum absolute atomic E-state index is 0.176. The van der Waals surface area contributed by atoms with Crippen molar-refractivity contribution in [2.75, 3.05) is 65.4 Å². The molecule has 9 heteroatoms. The minimum Gasteiger partial charge on any atom is -0.390 e. The maximum Gasteiger partial charge on any atom is 0.329 e. The third kappa shape index (κ3) is 7.85. The highest BCUT2D eigenvalue weighted by Crippen LogP contribution is 2.16. The van der Waals surface area contributed by atoms with Crippen LogP contribution < -0.4 is 5.69 Å². The summed E-state index contributed by atoms with van der Waals surface area (Å²) in [5.74, 6) is 0. The van der Waals surface area contributed by atoms with Crippen molar-refractivity contribution in [2.45, 2.75) is 38.4 Å². The fourth-order valence-electron chi connectivity index (χ4n) is 6.70. The highest BCUT2D eigenvalue weighted by molar-refractivity contribution is 5.76. The summed E-state index contributed by atoms with van der Waals surface area (Å²) in [5, 5.41) is 22.2. The van der Waals surface area contributed by atoms with E-state index in [2.05, 4.69) is 68.1 Å². The van der Waals surface area contributed by atoms with Crippen LogP contribution >= 0.6 is 0 Å². The molecule has 3 aromatic carbocycles. The molecule has 0 unspecified atom stereocenters. The average molecular weight is 599 g/mol. The molecule has 1 aromatic heterocycles. The number of hydrogen-bond donors (Lipinski definition) is 2. The van der Waals surface area contributed by atoms with Crippen LogP contribution in [0.2, 0.25) is 0 Å². The number of rotatable bonds is 12. The maximum atomic E-state index is 13.6. The molecule has 6 rings (SSSR count). The molecular formula is C35H46N6O3. The predicted molar refractivity (Wildman–Crippen MR) is 175 cm³/mol. The highest BCUT2D eigenvalue weighted by atomic mass is 16.3. The van der Waals surface area contributed by atoms with Gasteiger partial charge in [0.15, 0.2) is 0 Å². The number of benzene rings is 3. The molecule has 2 aliphatic rings. The van der Waals surface area contributed by atoms with Gasteiger partial charge in [-0.15, -0.1) is 0 Å². The first kappa shape index (κ1) is 30.7. The molecule has 0 saturated carbocycles. The van der Waals surface area contributed by atoms with Gasteiger partial charge in [0.2, 0.25) is 0 Å². The number of nitrogens with zero attached hydrogens (tertiary/aromatic N) is 6. The zero-order valence-electron chi connectivity index (χ0n) is 25.6. The van der Waals surface area contributed by atoms with E-state index in [9.17, 15) is 15.0 Å². The van der Waals surface area contributed by atoms with E-state index in [1.54, 1.807) is 9.13 Å². The van der Waals surface area contributed by atoms with E-state index in [-0.39, 0.29) is 18.8 Å². The number of para-hydroxylation sites is 2. The Morgan fingerprint density at radius 3 is 1.20 bits per heavy atom. The topological polar surface area (TPSA) is 80.3 Å². The summed E-state index contributed by atoms with van der Waals surface area (Å²) in [4.78, 5) is 23.1. The summed E-state index contributed by atoms with van der Waals surface area (Å²) in [6.07, 6.45) is -1.32. The largest absolute Gasteiger partial charge is 0.390 e. The number of aliphatic hydroxyl groups excluding tert-OH is 2. The van der Waals surface area contributed by atoms with Crippen molar-refractivity contribution in [3.8, 4) is 0 Å². The van der Waals surface area contributed by atoms with Gasteiger partial charge in [0.05, 0.1) is 36.3 Å². The quantitative estimate of drug-likeness (QED) is 0.259. The van der Waals surface area contributed by atoms with Crippen LogP contribution in [0.3, 0.4) is 0 Å². The number of β-amino-alcohol motifs (C(OH)–C–C–N with tert-alkyl or cyclic N) is 2. The lowest BCUT2D eigenvalue weighted by atomic mass is 10.2. The highest BCUT2D eigenvalue weighted by Gasteiger charge is 2.24. The zero-order valence-corrected chi connectivity index (χ0v) is 25.6. The van der Waals surface area contributed by atoms with Gasteiger partial charge >= 0.3 is 5.69 Å². The molecule has 9 nitrogen and oxygen atoms in total. The van der Waals surface area contributed by atoms with Gasteiger partial charge in [-0.3, -0.25) is 28.7 Å². The Hall–Kier alpha value is -3.31. The van der Waals surface area contributed by atoms with Crippen molar-refractivity contribution in [3.63, 3.8) is 0 Å². The summed E-state index contributed by atoms with van der Waals surface area (Å²) in [6.45, 7) is 10.8. The second-order valence-corrected chi connectivity index (χ2v) is 12.4. The van der Waals surface area contributed by atoms with Crippen LogP contribution in [-0.4, -0.2) is 117 Å². The Kier molecular flexibility index (Phi) is 10.2. The lowest BCUT2D eigenvalue weighted by molar-refractivity contribution is 0.0599. The fourth-order valence-corrected chi connectivity index (χ4v) is 6.70. The van der Waals surface area contributed by atoms with Crippen LogP contribution in [0.5, 0.6) is 0 Å². The molecule has 0 spiro atoms.